The molecule has 0 aliphatic heterocycles. The lowest BCUT2D eigenvalue weighted by Crippen LogP contribution is -2.35. The number of carbonyl (C=O) groups is 2. The first kappa shape index (κ1) is 34.6. The first-order valence-corrected chi connectivity index (χ1v) is 15.0. The molecule has 0 rings (SSSR count). The van der Waals surface area contributed by atoms with E-state index in [1.807, 2.05) is 19.9 Å². The van der Waals surface area contributed by atoms with Crippen LogP contribution < -0.4 is 5.32 Å². The van der Waals surface area contributed by atoms with Crippen LogP contribution in [0.2, 0.25) is 0 Å². The van der Waals surface area contributed by atoms with Crippen molar-refractivity contribution in [3.8, 4) is 0 Å². The van der Waals surface area contributed by atoms with E-state index in [0.29, 0.717) is 12.8 Å². The van der Waals surface area contributed by atoms with Gasteiger partial charge in [-0.2, -0.15) is 0 Å². The van der Waals surface area contributed by atoms with E-state index in [-0.39, 0.29) is 37.7 Å². The van der Waals surface area contributed by atoms with Gasteiger partial charge in [0.1, 0.15) is 0 Å². The lowest BCUT2D eigenvalue weighted by atomic mass is 10.0. The zero-order valence-electron chi connectivity index (χ0n) is 23.8. The molecule has 0 aromatic carbocycles. The van der Waals surface area contributed by atoms with Crippen LogP contribution in [0.5, 0.6) is 0 Å². The Hall–Kier alpha value is -1.40. The Bertz CT molecular complexity index is 553. The molecule has 3 N–H and O–H groups in total. The highest BCUT2D eigenvalue weighted by Gasteiger charge is 2.16. The molecule has 0 bridgehead atoms. The lowest BCUT2D eigenvalue weighted by Gasteiger charge is -2.21. The summed E-state index contributed by atoms with van der Waals surface area (Å²) in [7, 11) is 0. The minimum Gasteiger partial charge on any atom is -0.391 e. The Balaban J connectivity index is 3.99. The summed E-state index contributed by atoms with van der Waals surface area (Å²) in [6.45, 7) is 6.46. The van der Waals surface area contributed by atoms with Gasteiger partial charge in [-0.25, -0.2) is 0 Å². The average Bonchev–Trinajstić information content (AvgIpc) is 2.89. The molecule has 2 unspecified atom stereocenters. The first-order valence-electron chi connectivity index (χ1n) is 15.0. The number of aliphatic hydroxyl groups is 2. The highest BCUT2D eigenvalue weighted by molar-refractivity contribution is 5.84. The molecule has 0 heterocycles. The number of aliphatic hydroxyl groups excluding tert-OH is 2. The summed E-state index contributed by atoms with van der Waals surface area (Å²) < 4.78 is 0. The number of amides is 2. The van der Waals surface area contributed by atoms with Crippen LogP contribution in [0.1, 0.15) is 143 Å². The van der Waals surface area contributed by atoms with Crippen molar-refractivity contribution in [2.24, 2.45) is 0 Å². The number of carbonyl (C=O) groups excluding carboxylic acids is 2. The fraction of sp³-hybridized carbons (Fsp3) is 0.867. The monoisotopic (exact) mass is 510 g/mol. The Labute approximate surface area is 222 Å². The molecule has 0 saturated heterocycles. The topological polar surface area (TPSA) is 89.9 Å². The van der Waals surface area contributed by atoms with Gasteiger partial charge in [0, 0.05) is 25.6 Å². The highest BCUT2D eigenvalue weighted by atomic mass is 16.3. The lowest BCUT2D eigenvalue weighted by molar-refractivity contribution is -0.132. The van der Waals surface area contributed by atoms with Gasteiger partial charge in [0.2, 0.25) is 11.8 Å². The molecular weight excluding hydrogens is 452 g/mol. The second kappa shape index (κ2) is 25.3. The largest absolute Gasteiger partial charge is 0.391 e. The number of hydrogen-bond acceptors (Lipinski definition) is 4. The van der Waals surface area contributed by atoms with Crippen molar-refractivity contribution in [3.63, 3.8) is 0 Å². The third-order valence-electron chi connectivity index (χ3n) is 6.78. The van der Waals surface area contributed by atoms with Crippen molar-refractivity contribution in [1.82, 2.24) is 10.2 Å². The Kier molecular flexibility index (Phi) is 24.3. The van der Waals surface area contributed by atoms with Crippen LogP contribution >= 0.6 is 0 Å². The van der Waals surface area contributed by atoms with E-state index in [1.54, 1.807) is 11.1 Å². The van der Waals surface area contributed by atoms with Crippen molar-refractivity contribution < 1.29 is 19.8 Å². The average molecular weight is 511 g/mol. The molecule has 36 heavy (non-hydrogen) atoms. The number of hydrogen-bond donors (Lipinski definition) is 3. The molecule has 0 radical (unpaired) electrons. The molecule has 2 atom stereocenters. The fourth-order valence-electron chi connectivity index (χ4n) is 4.09. The summed E-state index contributed by atoms with van der Waals surface area (Å²) in [6, 6.07) is 0. The van der Waals surface area contributed by atoms with Crippen molar-refractivity contribution in [3.05, 3.63) is 12.3 Å². The predicted molar refractivity (Wildman–Crippen MR) is 151 cm³/mol. The van der Waals surface area contributed by atoms with Gasteiger partial charge >= 0.3 is 0 Å². The van der Waals surface area contributed by atoms with Crippen LogP contribution in [0, 0.1) is 0 Å². The molecule has 6 heteroatoms. The molecule has 0 aliphatic rings. The van der Waals surface area contributed by atoms with Crippen LogP contribution in [-0.4, -0.2) is 52.2 Å². The van der Waals surface area contributed by atoms with Crippen LogP contribution in [0.25, 0.3) is 0 Å². The second-order valence-corrected chi connectivity index (χ2v) is 10.2. The van der Waals surface area contributed by atoms with Gasteiger partial charge in [-0.1, -0.05) is 110 Å². The van der Waals surface area contributed by atoms with Gasteiger partial charge in [0.25, 0.3) is 0 Å². The molecule has 0 spiro atoms. The van der Waals surface area contributed by atoms with Crippen molar-refractivity contribution >= 4 is 11.8 Å². The van der Waals surface area contributed by atoms with Crippen LogP contribution in [-0.2, 0) is 9.59 Å². The van der Waals surface area contributed by atoms with E-state index in [4.69, 9.17) is 0 Å². The van der Waals surface area contributed by atoms with Crippen molar-refractivity contribution in [1.29, 1.82) is 0 Å². The number of allylic oxidation sites excluding steroid dienone is 1. The number of rotatable bonds is 25. The number of unbranched alkanes of at least 4 members (excludes halogenated alkanes) is 14. The van der Waals surface area contributed by atoms with Crippen LogP contribution in [0.3, 0.4) is 0 Å². The van der Waals surface area contributed by atoms with E-state index < -0.39 is 12.2 Å². The van der Waals surface area contributed by atoms with Gasteiger partial charge in [-0.15, -0.1) is 0 Å². The standard InChI is InChI=1S/C30H58N2O4/c1-4-7-8-9-10-11-12-13-14-15-16-17-18-19-20-21-24-32(26-28(34)6-3)30(36)23-22-29(35)31-25-27(33)5-2/h21,24,27-28,33-34H,4-20,22-23,25-26H2,1-3H3,(H,31,35). The normalized spacial score (nSPS) is 13.1. The Morgan fingerprint density at radius 2 is 1.22 bits per heavy atom. The maximum absolute atomic E-state index is 12.6. The Morgan fingerprint density at radius 3 is 1.72 bits per heavy atom. The van der Waals surface area contributed by atoms with Crippen LogP contribution in [0.15, 0.2) is 12.3 Å². The van der Waals surface area contributed by atoms with Gasteiger partial charge in [-0.3, -0.25) is 9.59 Å². The molecule has 0 saturated carbocycles. The molecule has 0 fully saturated rings. The van der Waals surface area contributed by atoms with Gasteiger partial charge < -0.3 is 20.4 Å². The van der Waals surface area contributed by atoms with E-state index in [9.17, 15) is 19.8 Å². The minimum absolute atomic E-state index is 0.0841. The number of nitrogens with zero attached hydrogens (tertiary/aromatic N) is 1. The van der Waals surface area contributed by atoms with E-state index in [0.717, 1.165) is 12.8 Å². The minimum atomic E-state index is -0.576. The van der Waals surface area contributed by atoms with E-state index in [1.165, 1.54) is 83.5 Å². The van der Waals surface area contributed by atoms with Crippen molar-refractivity contribution in [2.45, 2.75) is 155 Å². The molecule has 0 aromatic rings. The quantitative estimate of drug-likeness (QED) is 0.120. The third-order valence-corrected chi connectivity index (χ3v) is 6.78. The third kappa shape index (κ3) is 21.8. The summed E-state index contributed by atoms with van der Waals surface area (Å²) in [5, 5.41) is 22.2. The summed E-state index contributed by atoms with van der Waals surface area (Å²) in [6.07, 6.45) is 23.6. The fourth-order valence-corrected chi connectivity index (χ4v) is 4.09. The smallest absolute Gasteiger partial charge is 0.227 e. The summed E-state index contributed by atoms with van der Waals surface area (Å²) in [5.41, 5.74) is 0. The van der Waals surface area contributed by atoms with Crippen LogP contribution in [0.4, 0.5) is 0 Å². The van der Waals surface area contributed by atoms with Gasteiger partial charge in [0.15, 0.2) is 0 Å². The summed E-state index contributed by atoms with van der Waals surface area (Å²) in [5.74, 6) is -0.399. The van der Waals surface area contributed by atoms with E-state index >= 15 is 0 Å². The van der Waals surface area contributed by atoms with Gasteiger partial charge in [-0.05, 0) is 25.7 Å². The number of nitrogens with one attached hydrogen (secondary N) is 1. The Morgan fingerprint density at radius 1 is 0.722 bits per heavy atom. The summed E-state index contributed by atoms with van der Waals surface area (Å²) >= 11 is 0. The molecular formula is C30H58N2O4. The zero-order valence-corrected chi connectivity index (χ0v) is 23.8. The van der Waals surface area contributed by atoms with Gasteiger partial charge in [0.05, 0.1) is 18.8 Å². The molecule has 0 aliphatic carbocycles. The maximum Gasteiger partial charge on any atom is 0.227 e. The van der Waals surface area contributed by atoms with E-state index in [2.05, 4.69) is 12.2 Å². The van der Waals surface area contributed by atoms with Crippen molar-refractivity contribution in [2.75, 3.05) is 13.1 Å². The summed E-state index contributed by atoms with van der Waals surface area (Å²) in [4.78, 5) is 26.1. The molecule has 0 aromatic heterocycles. The first-order chi connectivity index (χ1) is 17.4. The predicted octanol–water partition coefficient (Wildman–Crippen LogP) is 6.64. The second-order valence-electron chi connectivity index (χ2n) is 10.2. The maximum atomic E-state index is 12.6. The zero-order chi connectivity index (χ0) is 26.9. The SMILES string of the molecule is CCCCCCCCCCCCCCCCC=CN(CC(O)CC)C(=O)CCC(=O)NCC(O)CC. The highest BCUT2D eigenvalue weighted by Crippen LogP contribution is 2.13. The molecule has 212 valence electrons. The molecule has 2 amide bonds. The molecule has 6 nitrogen and oxygen atoms in total.